The van der Waals surface area contributed by atoms with Gasteiger partial charge in [-0.1, -0.05) is 35.3 Å². The van der Waals surface area contributed by atoms with Gasteiger partial charge in [-0.25, -0.2) is 9.78 Å². The maximum atomic E-state index is 12.8. The fourth-order valence-electron chi connectivity index (χ4n) is 3.94. The standard InChI is InChI=1S/C22H28Cl2N4OS/c1-13(25-22(29)28(3)15-8-10-27(2)11-9-15)16-6-7-17(20(24)19(16)23)18-12-30-21(26-18)14-4-5-14/h6-7,12-15H,4-5,8-11H2,1-3H3,(H,25,29). The lowest BCUT2D eigenvalue weighted by Gasteiger charge is -2.35. The van der Waals surface area contributed by atoms with E-state index in [1.54, 1.807) is 11.3 Å². The van der Waals surface area contributed by atoms with Crippen molar-refractivity contribution >= 4 is 40.6 Å². The van der Waals surface area contributed by atoms with Crippen LogP contribution in [-0.4, -0.2) is 54.0 Å². The maximum absolute atomic E-state index is 12.8. The van der Waals surface area contributed by atoms with E-state index in [1.807, 2.05) is 36.4 Å². The highest BCUT2D eigenvalue weighted by Gasteiger charge is 2.28. The van der Waals surface area contributed by atoms with Gasteiger partial charge < -0.3 is 15.1 Å². The molecule has 1 N–H and O–H groups in total. The zero-order chi connectivity index (χ0) is 21.4. The van der Waals surface area contributed by atoms with E-state index in [1.165, 1.54) is 17.8 Å². The van der Waals surface area contributed by atoms with Crippen LogP contribution in [0, 0.1) is 0 Å². The molecular weight excluding hydrogens is 439 g/mol. The number of halogens is 2. The monoisotopic (exact) mass is 466 g/mol. The van der Waals surface area contributed by atoms with Crippen LogP contribution in [0.25, 0.3) is 11.3 Å². The third-order valence-electron chi connectivity index (χ3n) is 6.20. The van der Waals surface area contributed by atoms with Crippen molar-refractivity contribution in [2.75, 3.05) is 27.2 Å². The van der Waals surface area contributed by atoms with Crippen molar-refractivity contribution in [2.24, 2.45) is 0 Å². The summed E-state index contributed by atoms with van der Waals surface area (Å²) in [7, 11) is 3.99. The first kappa shape index (κ1) is 21.9. The molecule has 1 saturated carbocycles. The van der Waals surface area contributed by atoms with Crippen molar-refractivity contribution in [1.29, 1.82) is 0 Å². The van der Waals surface area contributed by atoms with Crippen LogP contribution in [0.15, 0.2) is 17.5 Å². The first-order chi connectivity index (χ1) is 14.3. The van der Waals surface area contributed by atoms with E-state index in [-0.39, 0.29) is 18.1 Å². The first-order valence-electron chi connectivity index (χ1n) is 10.5. The lowest BCUT2D eigenvalue weighted by molar-refractivity contribution is 0.146. The predicted octanol–water partition coefficient (Wildman–Crippen LogP) is 5.79. The molecule has 1 aromatic carbocycles. The number of hydrogen-bond acceptors (Lipinski definition) is 4. The number of benzene rings is 1. The number of carbonyl (C=O) groups excluding carboxylic acids is 1. The average Bonchev–Trinajstić information content (AvgIpc) is 3.47. The summed E-state index contributed by atoms with van der Waals surface area (Å²) >= 11 is 14.9. The highest BCUT2D eigenvalue weighted by atomic mass is 35.5. The number of thiazole rings is 1. The van der Waals surface area contributed by atoms with Crippen molar-refractivity contribution in [3.8, 4) is 11.3 Å². The number of carbonyl (C=O) groups is 1. The van der Waals surface area contributed by atoms with Crippen LogP contribution in [0.4, 0.5) is 4.79 Å². The minimum absolute atomic E-state index is 0.0816. The molecule has 5 nitrogen and oxygen atoms in total. The summed E-state index contributed by atoms with van der Waals surface area (Å²) in [6.45, 7) is 3.96. The Labute approximate surface area is 192 Å². The highest BCUT2D eigenvalue weighted by Crippen LogP contribution is 2.44. The van der Waals surface area contributed by atoms with Crippen molar-refractivity contribution < 1.29 is 4.79 Å². The van der Waals surface area contributed by atoms with Gasteiger partial charge in [-0.05, 0) is 58.3 Å². The molecule has 1 saturated heterocycles. The Morgan fingerprint density at radius 1 is 1.23 bits per heavy atom. The maximum Gasteiger partial charge on any atom is 0.317 e. The van der Waals surface area contributed by atoms with E-state index in [0.29, 0.717) is 16.0 Å². The van der Waals surface area contributed by atoms with E-state index in [4.69, 9.17) is 28.2 Å². The molecular formula is C22H28Cl2N4OS. The first-order valence-corrected chi connectivity index (χ1v) is 12.1. The minimum atomic E-state index is -0.247. The summed E-state index contributed by atoms with van der Waals surface area (Å²) in [5.41, 5.74) is 2.53. The third-order valence-corrected chi connectivity index (χ3v) is 8.10. The van der Waals surface area contributed by atoms with E-state index >= 15 is 0 Å². The molecule has 1 atom stereocenters. The predicted molar refractivity (Wildman–Crippen MR) is 125 cm³/mol. The van der Waals surface area contributed by atoms with Gasteiger partial charge in [-0.3, -0.25) is 0 Å². The zero-order valence-corrected chi connectivity index (χ0v) is 19.9. The van der Waals surface area contributed by atoms with E-state index in [0.717, 1.165) is 42.8 Å². The number of amides is 2. The largest absolute Gasteiger partial charge is 0.331 e. The molecule has 2 aromatic rings. The molecule has 2 aliphatic rings. The Bertz CT molecular complexity index is 922. The molecule has 1 aliphatic heterocycles. The van der Waals surface area contributed by atoms with E-state index in [9.17, 15) is 4.79 Å². The number of rotatable bonds is 5. The molecule has 0 bridgehead atoms. The fraction of sp³-hybridized carbons (Fsp3) is 0.545. The second-order valence-corrected chi connectivity index (χ2v) is 10.1. The minimum Gasteiger partial charge on any atom is -0.331 e. The lowest BCUT2D eigenvalue weighted by atomic mass is 10.0. The molecule has 0 spiro atoms. The Hall–Kier alpha value is -1.34. The molecule has 4 rings (SSSR count). The van der Waals surface area contributed by atoms with Crippen LogP contribution in [0.3, 0.4) is 0 Å². The van der Waals surface area contributed by atoms with Crippen molar-refractivity contribution in [3.63, 3.8) is 0 Å². The third kappa shape index (κ3) is 4.62. The number of likely N-dealkylation sites (tertiary alicyclic amines) is 1. The molecule has 1 aliphatic carbocycles. The van der Waals surface area contributed by atoms with E-state index < -0.39 is 0 Å². The molecule has 1 unspecified atom stereocenters. The lowest BCUT2D eigenvalue weighted by Crippen LogP contribution is -2.48. The van der Waals surface area contributed by atoms with Crippen LogP contribution in [0.5, 0.6) is 0 Å². The van der Waals surface area contributed by atoms with Crippen LogP contribution in [0.1, 0.15) is 55.1 Å². The van der Waals surface area contributed by atoms with Gasteiger partial charge in [-0.2, -0.15) is 0 Å². The van der Waals surface area contributed by atoms with Gasteiger partial charge in [0.15, 0.2) is 0 Å². The van der Waals surface area contributed by atoms with Gasteiger partial charge in [0.05, 0.1) is 26.8 Å². The smallest absolute Gasteiger partial charge is 0.317 e. The normalized spacial score (nSPS) is 19.0. The number of aromatic nitrogens is 1. The van der Waals surface area contributed by atoms with Gasteiger partial charge in [0.1, 0.15) is 0 Å². The molecule has 30 heavy (non-hydrogen) atoms. The number of piperidine rings is 1. The molecule has 0 radical (unpaired) electrons. The van der Waals surface area contributed by atoms with Gasteiger partial charge >= 0.3 is 6.03 Å². The van der Waals surface area contributed by atoms with Crippen molar-refractivity contribution in [1.82, 2.24) is 20.1 Å². The van der Waals surface area contributed by atoms with Crippen LogP contribution in [-0.2, 0) is 0 Å². The SMILES string of the molecule is CC(NC(=O)N(C)C1CCN(C)CC1)c1ccc(-c2csc(C3CC3)n2)c(Cl)c1Cl. The number of hydrogen-bond donors (Lipinski definition) is 1. The summed E-state index contributed by atoms with van der Waals surface area (Å²) in [6.07, 6.45) is 4.44. The van der Waals surface area contributed by atoms with Gasteiger partial charge in [-0.15, -0.1) is 11.3 Å². The Morgan fingerprint density at radius 3 is 2.60 bits per heavy atom. The van der Waals surface area contributed by atoms with Crippen molar-refractivity contribution in [3.05, 3.63) is 38.1 Å². The van der Waals surface area contributed by atoms with Crippen LogP contribution >= 0.6 is 34.5 Å². The Balaban J connectivity index is 1.45. The van der Waals surface area contributed by atoms with Gasteiger partial charge in [0.2, 0.25) is 0 Å². The second-order valence-electron chi connectivity index (χ2n) is 8.49. The Morgan fingerprint density at radius 2 is 1.93 bits per heavy atom. The fourth-order valence-corrected chi connectivity index (χ4v) is 5.53. The highest BCUT2D eigenvalue weighted by molar-refractivity contribution is 7.10. The summed E-state index contributed by atoms with van der Waals surface area (Å²) in [5.74, 6) is 0.619. The number of nitrogens with one attached hydrogen (secondary N) is 1. The van der Waals surface area contributed by atoms with Crippen LogP contribution in [0.2, 0.25) is 10.0 Å². The van der Waals surface area contributed by atoms with Crippen LogP contribution < -0.4 is 5.32 Å². The summed E-state index contributed by atoms with van der Waals surface area (Å²) in [4.78, 5) is 21.6. The quantitative estimate of drug-likeness (QED) is 0.606. The number of urea groups is 1. The summed E-state index contributed by atoms with van der Waals surface area (Å²) in [6, 6.07) is 3.84. The summed E-state index contributed by atoms with van der Waals surface area (Å²) < 4.78 is 0. The van der Waals surface area contributed by atoms with E-state index in [2.05, 4.69) is 17.3 Å². The molecule has 1 aromatic heterocycles. The molecule has 2 heterocycles. The second kappa shape index (κ2) is 9.03. The average molecular weight is 467 g/mol. The zero-order valence-electron chi connectivity index (χ0n) is 17.6. The topological polar surface area (TPSA) is 48.5 Å². The molecule has 2 amide bonds. The molecule has 162 valence electrons. The van der Waals surface area contributed by atoms with Gasteiger partial charge in [0.25, 0.3) is 0 Å². The van der Waals surface area contributed by atoms with Crippen molar-refractivity contribution in [2.45, 2.75) is 50.6 Å². The molecule has 8 heteroatoms. The Kier molecular flexibility index (Phi) is 6.58. The summed E-state index contributed by atoms with van der Waals surface area (Å²) in [5, 5.41) is 7.27. The molecule has 2 fully saturated rings. The number of nitrogens with zero attached hydrogens (tertiary/aromatic N) is 3. The van der Waals surface area contributed by atoms with Gasteiger partial charge in [0, 0.05) is 30.0 Å².